The average molecular weight is 377 g/mol. The van der Waals surface area contributed by atoms with Crippen LogP contribution < -0.4 is 4.72 Å². The van der Waals surface area contributed by atoms with Crippen LogP contribution in [0.15, 0.2) is 59.5 Å². The fourth-order valence-electron chi connectivity index (χ4n) is 2.05. The van der Waals surface area contributed by atoms with Gasteiger partial charge in [-0.05, 0) is 48.0 Å². The van der Waals surface area contributed by atoms with Crippen molar-refractivity contribution in [3.8, 4) is 0 Å². The number of hydrogen-bond acceptors (Lipinski definition) is 4. The van der Waals surface area contributed by atoms with Gasteiger partial charge in [0.05, 0.1) is 11.3 Å². The number of benzene rings is 2. The van der Waals surface area contributed by atoms with Crippen LogP contribution in [0.1, 0.15) is 22.3 Å². The lowest BCUT2D eigenvalue weighted by Gasteiger charge is -2.06. The molecule has 2 N–H and O–H groups in total. The average Bonchev–Trinajstić information content (AvgIpc) is 2.59. The molecule has 0 radical (unpaired) electrons. The lowest BCUT2D eigenvalue weighted by Crippen LogP contribution is -2.26. The van der Waals surface area contributed by atoms with Crippen molar-refractivity contribution in [2.24, 2.45) is 0 Å². The van der Waals surface area contributed by atoms with Crippen LogP contribution in [0, 0.1) is 5.82 Å². The number of allylic oxidation sites excluding steroid dienone is 1. The molecule has 6 nitrogen and oxygen atoms in total. The topological polar surface area (TPSA) is 101 Å². The molecule has 0 fully saturated rings. The highest BCUT2D eigenvalue weighted by atomic mass is 32.2. The number of ketones is 1. The summed E-state index contributed by atoms with van der Waals surface area (Å²) in [6.45, 7) is -0.227. The predicted octanol–water partition coefficient (Wildman–Crippen LogP) is 2.47. The summed E-state index contributed by atoms with van der Waals surface area (Å²) in [5, 5.41) is 8.53. The third-order valence-corrected chi connectivity index (χ3v) is 4.83. The van der Waals surface area contributed by atoms with Gasteiger partial charge in [0.25, 0.3) is 0 Å². The number of carbonyl (C=O) groups excluding carboxylic acids is 1. The highest BCUT2D eigenvalue weighted by Gasteiger charge is 2.14. The van der Waals surface area contributed by atoms with Crippen LogP contribution in [0.25, 0.3) is 6.08 Å². The summed E-state index contributed by atoms with van der Waals surface area (Å²) in [7, 11) is -3.84. The molecule has 8 heteroatoms. The summed E-state index contributed by atoms with van der Waals surface area (Å²) >= 11 is 0. The molecule has 0 saturated carbocycles. The number of halogens is 1. The predicted molar refractivity (Wildman–Crippen MR) is 93.6 cm³/mol. The van der Waals surface area contributed by atoms with Crippen molar-refractivity contribution in [2.45, 2.75) is 11.3 Å². The van der Waals surface area contributed by atoms with Gasteiger partial charge in [-0.2, -0.15) is 0 Å². The van der Waals surface area contributed by atoms with Gasteiger partial charge in [-0.1, -0.05) is 18.2 Å². The molecule has 0 aliphatic heterocycles. The van der Waals surface area contributed by atoms with E-state index in [4.69, 9.17) is 5.11 Å². The van der Waals surface area contributed by atoms with Gasteiger partial charge in [-0.15, -0.1) is 0 Å². The zero-order valence-electron chi connectivity index (χ0n) is 13.6. The minimum Gasteiger partial charge on any atom is -0.481 e. The molecule has 0 heterocycles. The van der Waals surface area contributed by atoms with Crippen LogP contribution in [-0.2, 0) is 14.8 Å². The van der Waals surface area contributed by atoms with E-state index in [9.17, 15) is 22.4 Å². The lowest BCUT2D eigenvalue weighted by molar-refractivity contribution is -0.136. The summed E-state index contributed by atoms with van der Waals surface area (Å²) < 4.78 is 39.3. The molecule has 0 unspecified atom stereocenters. The maximum Gasteiger partial charge on any atom is 0.304 e. The van der Waals surface area contributed by atoms with E-state index in [0.29, 0.717) is 5.56 Å². The van der Waals surface area contributed by atoms with E-state index in [1.54, 1.807) is 6.07 Å². The van der Waals surface area contributed by atoms with Gasteiger partial charge < -0.3 is 5.11 Å². The molecule has 0 saturated heterocycles. The molecule has 26 heavy (non-hydrogen) atoms. The first-order chi connectivity index (χ1) is 12.3. The largest absolute Gasteiger partial charge is 0.481 e. The number of carbonyl (C=O) groups is 2. The molecule has 136 valence electrons. The fraction of sp³-hybridized carbons (Fsp3) is 0.111. The van der Waals surface area contributed by atoms with Crippen LogP contribution in [0.2, 0.25) is 0 Å². The van der Waals surface area contributed by atoms with E-state index in [1.807, 2.05) is 0 Å². The molecule has 2 aromatic rings. The molecule has 0 atom stereocenters. The molecule has 2 rings (SSSR count). The summed E-state index contributed by atoms with van der Waals surface area (Å²) in [6, 6.07) is 11.0. The Labute approximate surface area is 150 Å². The summed E-state index contributed by atoms with van der Waals surface area (Å²) in [4.78, 5) is 22.4. The monoisotopic (exact) mass is 377 g/mol. The Hall–Kier alpha value is -2.84. The third kappa shape index (κ3) is 5.61. The smallest absolute Gasteiger partial charge is 0.304 e. The SMILES string of the molecule is O=C(O)CCNS(=O)(=O)c1ccc(C(=O)/C=C/c2cccc(F)c2)cc1. The van der Waals surface area contributed by atoms with E-state index >= 15 is 0 Å². The molecule has 0 amide bonds. The maximum absolute atomic E-state index is 13.1. The molecular formula is C18H16FNO5S. The van der Waals surface area contributed by atoms with Crippen LogP contribution in [0.4, 0.5) is 4.39 Å². The van der Waals surface area contributed by atoms with E-state index in [1.165, 1.54) is 54.6 Å². The van der Waals surface area contributed by atoms with Crippen LogP contribution in [0.3, 0.4) is 0 Å². The standard InChI is InChI=1S/C18H16FNO5S/c19-15-3-1-2-13(12-15)4-9-17(21)14-5-7-16(8-6-14)26(24,25)20-11-10-18(22)23/h1-9,12,20H,10-11H2,(H,22,23)/b9-4+. The van der Waals surface area contributed by atoms with E-state index < -0.39 is 21.8 Å². The van der Waals surface area contributed by atoms with Gasteiger partial charge in [0.2, 0.25) is 10.0 Å². The van der Waals surface area contributed by atoms with Crippen molar-refractivity contribution in [1.82, 2.24) is 4.72 Å². The Morgan fingerprint density at radius 1 is 1.12 bits per heavy atom. The number of carboxylic acid groups (broad SMARTS) is 1. The Morgan fingerprint density at radius 2 is 1.81 bits per heavy atom. The fourth-order valence-corrected chi connectivity index (χ4v) is 3.08. The van der Waals surface area contributed by atoms with E-state index in [0.717, 1.165) is 0 Å². The number of nitrogens with one attached hydrogen (secondary N) is 1. The second-order valence-corrected chi connectivity index (χ2v) is 7.09. The number of aliphatic carboxylic acids is 1. The maximum atomic E-state index is 13.1. The van der Waals surface area contributed by atoms with Gasteiger partial charge in [0.1, 0.15) is 5.82 Å². The van der Waals surface area contributed by atoms with Crippen LogP contribution in [-0.4, -0.2) is 31.8 Å². The first kappa shape index (κ1) is 19.5. The van der Waals surface area contributed by atoms with Gasteiger partial charge in [0, 0.05) is 12.1 Å². The van der Waals surface area contributed by atoms with Crippen molar-refractivity contribution in [2.75, 3.05) is 6.54 Å². The summed E-state index contributed by atoms with van der Waals surface area (Å²) in [5.74, 6) is -1.89. The second kappa shape index (κ2) is 8.50. The lowest BCUT2D eigenvalue weighted by atomic mass is 10.1. The highest BCUT2D eigenvalue weighted by molar-refractivity contribution is 7.89. The summed E-state index contributed by atoms with van der Waals surface area (Å²) in [6.07, 6.45) is 2.40. The minimum atomic E-state index is -3.84. The molecule has 2 aromatic carbocycles. The minimum absolute atomic E-state index is 0.0754. The van der Waals surface area contributed by atoms with Gasteiger partial charge in [0.15, 0.2) is 5.78 Å². The highest BCUT2D eigenvalue weighted by Crippen LogP contribution is 2.12. The zero-order valence-corrected chi connectivity index (χ0v) is 14.4. The van der Waals surface area contributed by atoms with E-state index in [2.05, 4.69) is 4.72 Å². The van der Waals surface area contributed by atoms with Gasteiger partial charge in [-0.3, -0.25) is 9.59 Å². The van der Waals surface area contributed by atoms with Gasteiger partial charge in [-0.25, -0.2) is 17.5 Å². The number of carboxylic acids is 1. The quantitative estimate of drug-likeness (QED) is 0.544. The molecule has 0 aliphatic carbocycles. The van der Waals surface area contributed by atoms with Crippen LogP contribution in [0.5, 0.6) is 0 Å². The molecule has 0 spiro atoms. The molecule has 0 aromatic heterocycles. The Morgan fingerprint density at radius 3 is 2.42 bits per heavy atom. The third-order valence-electron chi connectivity index (χ3n) is 3.36. The Kier molecular flexibility index (Phi) is 6.37. The van der Waals surface area contributed by atoms with E-state index in [-0.39, 0.29) is 29.2 Å². The summed E-state index contributed by atoms with van der Waals surface area (Å²) in [5.41, 5.74) is 0.794. The number of rotatable bonds is 8. The zero-order chi connectivity index (χ0) is 19.2. The number of sulfonamides is 1. The number of hydrogen-bond donors (Lipinski definition) is 2. The molecule has 0 aliphatic rings. The normalized spacial score (nSPS) is 11.6. The van der Waals surface area contributed by atoms with Crippen molar-refractivity contribution in [3.63, 3.8) is 0 Å². The van der Waals surface area contributed by atoms with Crippen molar-refractivity contribution < 1.29 is 27.5 Å². The van der Waals surface area contributed by atoms with Gasteiger partial charge >= 0.3 is 5.97 Å². The van der Waals surface area contributed by atoms with Crippen molar-refractivity contribution in [1.29, 1.82) is 0 Å². The Bertz CT molecular complexity index is 936. The first-order valence-corrected chi connectivity index (χ1v) is 9.06. The first-order valence-electron chi connectivity index (χ1n) is 7.57. The van der Waals surface area contributed by atoms with Crippen LogP contribution >= 0.6 is 0 Å². The van der Waals surface area contributed by atoms with Crippen molar-refractivity contribution >= 4 is 27.9 Å². The molecular weight excluding hydrogens is 361 g/mol. The second-order valence-electron chi connectivity index (χ2n) is 5.32. The molecule has 0 bridgehead atoms. The Balaban J connectivity index is 2.06. The van der Waals surface area contributed by atoms with Crippen molar-refractivity contribution in [3.05, 3.63) is 71.6 Å².